The highest BCUT2D eigenvalue weighted by Crippen LogP contribution is 2.70. The lowest BCUT2D eigenvalue weighted by Gasteiger charge is -2.60. The molecule has 7 heterocycles. The van der Waals surface area contributed by atoms with Crippen molar-refractivity contribution in [3.05, 3.63) is 0 Å². The fourth-order valence-electron chi connectivity index (χ4n) is 16.8. The summed E-state index contributed by atoms with van der Waals surface area (Å²) < 4.78 is 73.0. The molecule has 470 valence electrons. The topological polar surface area (TPSA) is 411 Å². The van der Waals surface area contributed by atoms with Crippen molar-refractivity contribution in [2.45, 2.75) is 245 Å². The van der Waals surface area contributed by atoms with Gasteiger partial charge in [-0.25, -0.2) is 0 Å². The summed E-state index contributed by atoms with van der Waals surface area (Å²) in [6.07, 6.45) is -35.3. The van der Waals surface area contributed by atoms with E-state index in [-0.39, 0.29) is 41.1 Å². The predicted molar refractivity (Wildman–Crippen MR) is 269 cm³/mol. The quantitative estimate of drug-likeness (QED) is 0.0772. The molecule has 0 unspecified atom stereocenters. The van der Waals surface area contributed by atoms with Crippen molar-refractivity contribution in [3.63, 3.8) is 0 Å². The number of hydrogen-bond donors (Lipinski definition) is 14. The van der Waals surface area contributed by atoms with Crippen LogP contribution in [0, 0.1) is 52.3 Å². The molecule has 7 aliphatic heterocycles. The van der Waals surface area contributed by atoms with E-state index in [0.29, 0.717) is 43.5 Å². The van der Waals surface area contributed by atoms with Crippen molar-refractivity contribution in [1.29, 1.82) is 0 Å². The molecular weight excluding hydrogens is 1090 g/mol. The van der Waals surface area contributed by atoms with Crippen LogP contribution in [0.15, 0.2) is 0 Å². The van der Waals surface area contributed by atoms with Gasteiger partial charge >= 0.3 is 0 Å². The second-order valence-corrected chi connectivity index (χ2v) is 26.1. The number of rotatable bonds is 13. The zero-order chi connectivity index (χ0) is 58.6. The number of hydrogen-bond acceptors (Lipinski definition) is 27. The van der Waals surface area contributed by atoms with Gasteiger partial charge in [0.25, 0.3) is 0 Å². The maximum absolute atomic E-state index is 14.8. The molecular formula is C55H88O27. The molecule has 7 saturated heterocycles. The van der Waals surface area contributed by atoms with Crippen LogP contribution in [0.3, 0.4) is 0 Å². The first-order valence-corrected chi connectivity index (χ1v) is 29.6. The molecule has 35 atom stereocenters. The van der Waals surface area contributed by atoms with Crippen LogP contribution >= 0.6 is 0 Å². The number of aliphatic hydroxyl groups is 14. The first-order chi connectivity index (χ1) is 39.0. The minimum absolute atomic E-state index is 0.0314. The van der Waals surface area contributed by atoms with E-state index in [1.165, 1.54) is 0 Å². The average molecular weight is 1180 g/mol. The zero-order valence-electron chi connectivity index (χ0n) is 46.7. The maximum Gasteiger partial charge on any atom is 0.187 e. The summed E-state index contributed by atoms with van der Waals surface area (Å²) in [5, 5.41) is 153. The van der Waals surface area contributed by atoms with Crippen LogP contribution in [0.5, 0.6) is 0 Å². The van der Waals surface area contributed by atoms with Crippen LogP contribution in [-0.2, 0) is 61.6 Å². The van der Waals surface area contributed by atoms with Gasteiger partial charge in [-0.05, 0) is 80.0 Å². The van der Waals surface area contributed by atoms with Crippen LogP contribution in [-0.4, -0.2) is 276 Å². The lowest BCUT2D eigenvalue weighted by atomic mass is 9.44. The Bertz CT molecular complexity index is 2180. The van der Waals surface area contributed by atoms with Crippen LogP contribution in [0.25, 0.3) is 0 Å². The monoisotopic (exact) mass is 1180 g/mol. The molecule has 27 nitrogen and oxygen atoms in total. The molecule has 0 bridgehead atoms. The van der Waals surface area contributed by atoms with E-state index in [1.807, 2.05) is 0 Å². The zero-order valence-corrected chi connectivity index (χ0v) is 46.7. The average Bonchev–Trinajstić information content (AvgIpc) is 1.54. The Labute approximate surface area is 474 Å². The Morgan fingerprint density at radius 3 is 1.71 bits per heavy atom. The highest BCUT2D eigenvalue weighted by molar-refractivity contribution is 5.87. The highest BCUT2D eigenvalue weighted by atomic mass is 16.8. The van der Waals surface area contributed by atoms with Crippen molar-refractivity contribution >= 4 is 5.78 Å². The highest BCUT2D eigenvalue weighted by Gasteiger charge is 2.72. The summed E-state index contributed by atoms with van der Waals surface area (Å²) in [5.74, 6) is 1.21. The number of ether oxygens (including phenoxy) is 12. The lowest BCUT2D eigenvalue weighted by molar-refractivity contribution is -0.408. The fourth-order valence-corrected chi connectivity index (χ4v) is 16.8. The molecule has 0 aromatic carbocycles. The first kappa shape index (κ1) is 62.2. The number of aliphatic hydroxyl groups excluding tert-OH is 14. The molecule has 0 radical (unpaired) electrons. The van der Waals surface area contributed by atoms with Crippen LogP contribution < -0.4 is 0 Å². The molecule has 0 aromatic heterocycles. The summed E-state index contributed by atoms with van der Waals surface area (Å²) in [5.41, 5.74) is -0.682. The molecule has 0 amide bonds. The van der Waals surface area contributed by atoms with Crippen molar-refractivity contribution < 1.29 is 133 Å². The molecule has 4 aliphatic carbocycles. The lowest BCUT2D eigenvalue weighted by Crippen LogP contribution is -2.69. The van der Waals surface area contributed by atoms with Crippen molar-refractivity contribution in [1.82, 2.24) is 0 Å². The smallest absolute Gasteiger partial charge is 0.187 e. The second kappa shape index (κ2) is 24.2. The van der Waals surface area contributed by atoms with Crippen LogP contribution in [0.4, 0.5) is 0 Å². The Balaban J connectivity index is 0.785. The Morgan fingerprint density at radius 1 is 0.524 bits per heavy atom. The number of fused-ring (bicyclic) bond motifs is 7. The van der Waals surface area contributed by atoms with Crippen LogP contribution in [0.1, 0.15) is 85.5 Å². The first-order valence-electron chi connectivity index (χ1n) is 29.6. The van der Waals surface area contributed by atoms with Gasteiger partial charge in [-0.15, -0.1) is 0 Å². The molecule has 27 heteroatoms. The molecule has 11 fully saturated rings. The Hall–Kier alpha value is -1.37. The maximum atomic E-state index is 14.8. The van der Waals surface area contributed by atoms with Gasteiger partial charge in [-0.2, -0.15) is 0 Å². The third kappa shape index (κ3) is 10.7. The minimum atomic E-state index is -2.12. The summed E-state index contributed by atoms with van der Waals surface area (Å²) in [4.78, 5) is 14.8. The summed E-state index contributed by atoms with van der Waals surface area (Å²) in [6.45, 7) is 5.75. The Kier molecular flexibility index (Phi) is 18.4. The van der Waals surface area contributed by atoms with Gasteiger partial charge in [0.05, 0.1) is 51.8 Å². The SMILES string of the molecule is C[C@@H]1CC[C@@]2(OC1)O[C@H]1C[C@@H]3[C@H]4CC[C@H]5C[C@@H](O[C@@H]6O[C@@H](CO)[C@H](O[C@H]7O[C@H](CO)[C@H](O)[C@H](O[C@@H]8OC[C@H](O)[C@@H](O)[C@H]8O)[C@H]7O[C@@H]7O[C@@H](CO)[C@H](O)[C@@H](O[C@@H]8OC[C@H](O)[C@@H](O)[C@@H]8O)[C@H]7O)[C@H](O)[C@H]6O)CC[C@@]5(C)[C@H]4CC(=O)[C@]3(C)[C@H]1[C@@H]2C. The molecule has 4 saturated carbocycles. The van der Waals surface area contributed by atoms with E-state index < -0.39 is 192 Å². The molecule has 11 rings (SSSR count). The normalized spacial score (nSPS) is 57.0. The molecule has 1 spiro atoms. The van der Waals surface area contributed by atoms with Gasteiger partial charge in [0.15, 0.2) is 37.2 Å². The number of carbonyl (C=O) groups excluding carboxylic acids is 1. The van der Waals surface area contributed by atoms with Crippen LogP contribution in [0.2, 0.25) is 0 Å². The van der Waals surface area contributed by atoms with Gasteiger partial charge in [0, 0.05) is 30.1 Å². The fraction of sp³-hybridized carbons (Fsp3) is 0.982. The van der Waals surface area contributed by atoms with Gasteiger partial charge in [-0.1, -0.05) is 27.7 Å². The van der Waals surface area contributed by atoms with Crippen molar-refractivity contribution in [2.24, 2.45) is 52.3 Å². The molecule has 82 heavy (non-hydrogen) atoms. The largest absolute Gasteiger partial charge is 0.394 e. The van der Waals surface area contributed by atoms with Gasteiger partial charge in [0.2, 0.25) is 0 Å². The standard InChI is InChI=1S/C55H88O27/c1-20-7-10-55(73-17-20)21(2)34-29(82-55)12-26-24-6-5-22-11-23(8-9-53(22,3)25(24)13-33(61)54(26,34)4)74-50-42(69)39(66)44(32(16-58)77-50)78-52-47(46(38(65)31(15-57)76-52)80-49-41(68)36(63)28(60)19-72-49)81-51-43(70)45(37(64)30(14-56)75-51)79-48-40(67)35(62)27(59)18-71-48/h20-32,34-52,56-60,62-70H,5-19H2,1-4H3/t20-,21+,22+,23+,24+,25+,26-,27+,28+,29+,30+,31-,32+,34+,35-,36-,37+,38+,39-,40+,41-,42-,43-,44+,45-,46+,47-,48+,49+,50-,51+,52-,53-,54-,55-/m1/s1. The van der Waals surface area contributed by atoms with E-state index in [0.717, 1.165) is 38.5 Å². The summed E-state index contributed by atoms with van der Waals surface area (Å²) >= 11 is 0. The van der Waals surface area contributed by atoms with E-state index in [9.17, 15) is 76.3 Å². The summed E-state index contributed by atoms with van der Waals surface area (Å²) in [7, 11) is 0. The van der Waals surface area contributed by atoms with Gasteiger partial charge in [-0.3, -0.25) is 4.79 Å². The third-order valence-electron chi connectivity index (χ3n) is 21.6. The number of ketones is 1. The van der Waals surface area contributed by atoms with E-state index >= 15 is 0 Å². The van der Waals surface area contributed by atoms with Gasteiger partial charge < -0.3 is 128 Å². The van der Waals surface area contributed by atoms with E-state index in [2.05, 4.69) is 27.7 Å². The van der Waals surface area contributed by atoms with Crippen molar-refractivity contribution in [3.8, 4) is 0 Å². The van der Waals surface area contributed by atoms with E-state index in [4.69, 9.17) is 56.8 Å². The molecule has 11 aliphatic rings. The van der Waals surface area contributed by atoms with Gasteiger partial charge in [0.1, 0.15) is 116 Å². The molecule has 14 N–H and O–H groups in total. The molecule has 0 aromatic rings. The van der Waals surface area contributed by atoms with E-state index in [1.54, 1.807) is 0 Å². The van der Waals surface area contributed by atoms with Crippen molar-refractivity contribution in [2.75, 3.05) is 39.6 Å². The number of carbonyl (C=O) groups is 1. The third-order valence-corrected chi connectivity index (χ3v) is 21.6. The Morgan fingerprint density at radius 2 is 1.09 bits per heavy atom. The number of Topliss-reactive ketones (excluding diaryl/α,β-unsaturated/α-hetero) is 1. The predicted octanol–water partition coefficient (Wildman–Crippen LogP) is -4.63. The minimum Gasteiger partial charge on any atom is -0.394 e. The second-order valence-electron chi connectivity index (χ2n) is 26.1. The summed E-state index contributed by atoms with van der Waals surface area (Å²) in [6, 6.07) is 0.